The Hall–Kier alpha value is -2.24. The Labute approximate surface area is 261 Å². The van der Waals surface area contributed by atoms with Crippen LogP contribution >= 0.6 is 0 Å². The molecule has 0 saturated heterocycles. The minimum absolute atomic E-state index is 0.165. The average Bonchev–Trinajstić information content (AvgIpc) is 2.98. The molecule has 0 bridgehead atoms. The van der Waals surface area contributed by atoms with Crippen molar-refractivity contribution in [2.75, 3.05) is 19.6 Å². The van der Waals surface area contributed by atoms with Gasteiger partial charge in [0.1, 0.15) is 18.1 Å². The molecule has 0 aliphatic rings. The molecule has 0 spiro atoms. The molecule has 4 amide bonds. The summed E-state index contributed by atoms with van der Waals surface area (Å²) < 4.78 is 0. The van der Waals surface area contributed by atoms with Gasteiger partial charge in [0.15, 0.2) is 0 Å². The lowest BCUT2D eigenvalue weighted by Gasteiger charge is -2.25. The molecule has 11 N–H and O–H groups in total. The van der Waals surface area contributed by atoms with E-state index in [2.05, 4.69) is 22.9 Å². The molecule has 0 radical (unpaired) electrons. The molecule has 0 aromatic heterocycles. The third-order valence-corrected chi connectivity index (χ3v) is 7.79. The number of carbonyl (C=O) groups excluding carboxylic acids is 4. The lowest BCUT2D eigenvalue weighted by Crippen LogP contribution is -2.56. The van der Waals surface area contributed by atoms with E-state index in [1.54, 1.807) is 0 Å². The second-order valence-corrected chi connectivity index (χ2v) is 11.8. The van der Waals surface area contributed by atoms with Gasteiger partial charge in [-0.25, -0.2) is 0 Å². The van der Waals surface area contributed by atoms with E-state index in [0.29, 0.717) is 77.4 Å². The normalized spacial score (nSPS) is 13.2. The van der Waals surface area contributed by atoms with E-state index >= 15 is 0 Å². The Kier molecular flexibility index (Phi) is 27.0. The van der Waals surface area contributed by atoms with Crippen LogP contribution in [0.25, 0.3) is 0 Å². The van der Waals surface area contributed by atoms with Gasteiger partial charge in [-0.15, -0.1) is 0 Å². The summed E-state index contributed by atoms with van der Waals surface area (Å²) >= 11 is 0. The summed E-state index contributed by atoms with van der Waals surface area (Å²) in [6, 6.07) is -2.50. The van der Waals surface area contributed by atoms with E-state index in [4.69, 9.17) is 22.9 Å². The Bertz CT molecular complexity index is 739. The molecule has 252 valence electrons. The van der Waals surface area contributed by atoms with E-state index < -0.39 is 35.8 Å². The van der Waals surface area contributed by atoms with E-state index in [0.717, 1.165) is 25.7 Å². The molecule has 0 heterocycles. The first kappa shape index (κ1) is 40.8. The first-order chi connectivity index (χ1) is 20.8. The molecule has 11 nitrogen and oxygen atoms in total. The van der Waals surface area contributed by atoms with Gasteiger partial charge in [-0.1, -0.05) is 71.1 Å². The van der Waals surface area contributed by atoms with Gasteiger partial charge in [-0.2, -0.15) is 0 Å². The van der Waals surface area contributed by atoms with Crippen molar-refractivity contribution in [3.05, 3.63) is 0 Å². The minimum atomic E-state index is -0.879. The van der Waals surface area contributed by atoms with Crippen LogP contribution in [0.1, 0.15) is 142 Å². The van der Waals surface area contributed by atoms with Crippen molar-refractivity contribution in [3.8, 4) is 0 Å². The van der Waals surface area contributed by atoms with Gasteiger partial charge in [0.25, 0.3) is 0 Å². The number of nitrogens with two attached hydrogens (primary N) is 4. The van der Waals surface area contributed by atoms with Crippen molar-refractivity contribution >= 4 is 23.6 Å². The zero-order chi connectivity index (χ0) is 32.1. The van der Waals surface area contributed by atoms with Crippen molar-refractivity contribution in [3.63, 3.8) is 0 Å². The minimum Gasteiger partial charge on any atom is -0.368 e. The number of carbonyl (C=O) groups is 4. The van der Waals surface area contributed by atoms with Crippen LogP contribution in [0.5, 0.6) is 0 Å². The van der Waals surface area contributed by atoms with Crippen LogP contribution in [0.4, 0.5) is 0 Å². The fourth-order valence-electron chi connectivity index (χ4n) is 5.06. The van der Waals surface area contributed by atoms with Crippen LogP contribution in [0.15, 0.2) is 0 Å². The molecular formula is C32H65N7O4. The number of hydrogen-bond donors (Lipinski definition) is 7. The largest absolute Gasteiger partial charge is 0.368 e. The van der Waals surface area contributed by atoms with Crippen LogP contribution in [-0.2, 0) is 19.2 Å². The van der Waals surface area contributed by atoms with Crippen molar-refractivity contribution in [2.45, 2.75) is 160 Å². The van der Waals surface area contributed by atoms with Crippen LogP contribution < -0.4 is 38.9 Å². The monoisotopic (exact) mass is 612 g/mol. The molecule has 0 aromatic rings. The first-order valence-electron chi connectivity index (χ1n) is 17.1. The number of primary amides is 1. The summed E-state index contributed by atoms with van der Waals surface area (Å²) in [6.45, 7) is 3.66. The van der Waals surface area contributed by atoms with Crippen molar-refractivity contribution in [1.29, 1.82) is 0 Å². The fraction of sp³-hybridized carbons (Fsp3) is 0.875. The molecule has 3 unspecified atom stereocenters. The third-order valence-electron chi connectivity index (χ3n) is 7.79. The maximum atomic E-state index is 13.3. The summed E-state index contributed by atoms with van der Waals surface area (Å²) in [5.74, 6) is -1.70. The van der Waals surface area contributed by atoms with Gasteiger partial charge >= 0.3 is 0 Å². The second-order valence-electron chi connectivity index (χ2n) is 11.8. The summed E-state index contributed by atoms with van der Waals surface area (Å²) in [4.78, 5) is 51.2. The molecule has 3 atom stereocenters. The van der Waals surface area contributed by atoms with Crippen LogP contribution in [0.2, 0.25) is 0 Å². The van der Waals surface area contributed by atoms with Crippen LogP contribution in [-0.4, -0.2) is 61.4 Å². The van der Waals surface area contributed by atoms with Crippen LogP contribution in [0.3, 0.4) is 0 Å². The maximum Gasteiger partial charge on any atom is 0.243 e. The molecule has 0 rings (SSSR count). The number of rotatable bonds is 30. The number of amides is 4. The third kappa shape index (κ3) is 22.9. The smallest absolute Gasteiger partial charge is 0.243 e. The standard InChI is InChI=1S/C32H65N7O4/c1-2-3-4-5-6-7-8-9-10-11-12-22-29(40)37-27(20-14-17-24-34)31(42)39-28(21-15-18-25-35)32(43)38-26(30(36)41)19-13-16-23-33/h26-28H,2-25,33-35H2,1H3,(H2,36,41)(H,37,40)(H,38,43)(H,39,42). The molecule has 0 fully saturated rings. The highest BCUT2D eigenvalue weighted by molar-refractivity contribution is 5.93. The zero-order valence-electron chi connectivity index (χ0n) is 27.1. The van der Waals surface area contributed by atoms with E-state index in [1.165, 1.54) is 51.4 Å². The van der Waals surface area contributed by atoms with Gasteiger partial charge in [0.2, 0.25) is 23.6 Å². The Morgan fingerprint density at radius 1 is 0.488 bits per heavy atom. The van der Waals surface area contributed by atoms with E-state index in [1.807, 2.05) is 0 Å². The average molecular weight is 612 g/mol. The lowest BCUT2D eigenvalue weighted by atomic mass is 10.0. The Morgan fingerprint density at radius 2 is 0.860 bits per heavy atom. The van der Waals surface area contributed by atoms with Gasteiger partial charge < -0.3 is 38.9 Å². The van der Waals surface area contributed by atoms with Gasteiger partial charge in [-0.05, 0) is 83.8 Å². The van der Waals surface area contributed by atoms with E-state index in [9.17, 15) is 19.2 Å². The molecule has 43 heavy (non-hydrogen) atoms. The quantitative estimate of drug-likeness (QED) is 0.0603. The Balaban J connectivity index is 4.96. The van der Waals surface area contributed by atoms with Crippen molar-refractivity contribution in [2.24, 2.45) is 22.9 Å². The summed E-state index contributed by atoms with van der Waals surface area (Å²) in [6.07, 6.45) is 18.7. The molecular weight excluding hydrogens is 546 g/mol. The van der Waals surface area contributed by atoms with Gasteiger partial charge in [0, 0.05) is 6.42 Å². The van der Waals surface area contributed by atoms with Gasteiger partial charge in [-0.3, -0.25) is 19.2 Å². The zero-order valence-corrected chi connectivity index (χ0v) is 27.1. The van der Waals surface area contributed by atoms with Crippen molar-refractivity contribution in [1.82, 2.24) is 16.0 Å². The molecule has 0 aliphatic heterocycles. The molecule has 0 aromatic carbocycles. The number of unbranched alkanes of at least 4 members (excludes halogenated alkanes) is 13. The number of hydrogen-bond acceptors (Lipinski definition) is 7. The second kappa shape index (κ2) is 28.5. The fourth-order valence-corrected chi connectivity index (χ4v) is 5.06. The van der Waals surface area contributed by atoms with Crippen molar-refractivity contribution < 1.29 is 19.2 Å². The highest BCUT2D eigenvalue weighted by Gasteiger charge is 2.28. The lowest BCUT2D eigenvalue weighted by molar-refractivity contribution is -0.133. The van der Waals surface area contributed by atoms with Crippen LogP contribution in [0, 0.1) is 0 Å². The molecule has 11 heteroatoms. The summed E-state index contributed by atoms with van der Waals surface area (Å²) in [5, 5.41) is 8.41. The predicted molar refractivity (Wildman–Crippen MR) is 175 cm³/mol. The predicted octanol–water partition coefficient (Wildman–Crippen LogP) is 3.01. The summed E-state index contributed by atoms with van der Waals surface area (Å²) in [7, 11) is 0. The summed E-state index contributed by atoms with van der Waals surface area (Å²) in [5.41, 5.74) is 22.3. The topological polar surface area (TPSA) is 208 Å². The first-order valence-corrected chi connectivity index (χ1v) is 17.1. The highest BCUT2D eigenvalue weighted by Crippen LogP contribution is 2.12. The maximum absolute atomic E-state index is 13.3. The highest BCUT2D eigenvalue weighted by atomic mass is 16.2. The number of nitrogens with one attached hydrogen (secondary N) is 3. The molecule has 0 aliphatic carbocycles. The SMILES string of the molecule is CCCCCCCCCCCCCC(=O)NC(CCCCN)C(=O)NC(CCCCN)C(=O)NC(CCCCN)C(N)=O. The van der Waals surface area contributed by atoms with Gasteiger partial charge in [0.05, 0.1) is 0 Å². The molecule has 0 saturated carbocycles. The van der Waals surface area contributed by atoms with E-state index in [-0.39, 0.29) is 5.91 Å². The Morgan fingerprint density at radius 3 is 1.28 bits per heavy atom.